The van der Waals surface area contributed by atoms with Gasteiger partial charge in [-0.15, -0.1) is 0 Å². The van der Waals surface area contributed by atoms with Gasteiger partial charge in [0.05, 0.1) is 6.61 Å². The van der Waals surface area contributed by atoms with Gasteiger partial charge in [0, 0.05) is 24.9 Å². The third kappa shape index (κ3) is 4.40. The second-order valence-corrected chi connectivity index (χ2v) is 5.06. The van der Waals surface area contributed by atoms with Crippen LogP contribution in [-0.2, 0) is 5.75 Å². The Morgan fingerprint density at radius 1 is 1.35 bits per heavy atom. The van der Waals surface area contributed by atoms with Crippen LogP contribution in [0, 0.1) is 0 Å². The average Bonchev–Trinajstić information content (AvgIpc) is 2.36. The smallest absolute Gasteiger partial charge is 0.253 e. The summed E-state index contributed by atoms with van der Waals surface area (Å²) in [6, 6.07) is 7.68. The van der Waals surface area contributed by atoms with Crippen LogP contribution in [0.1, 0.15) is 22.8 Å². The van der Waals surface area contributed by atoms with Gasteiger partial charge in [-0.1, -0.05) is 19.1 Å². The number of aliphatic hydroxyl groups excluding tert-OH is 1. The monoisotopic (exact) mass is 253 g/mol. The number of hydrogen-bond acceptors (Lipinski definition) is 3. The highest BCUT2D eigenvalue weighted by molar-refractivity contribution is 7.98. The molecule has 0 unspecified atom stereocenters. The third-order valence-corrected chi connectivity index (χ3v) is 3.40. The Morgan fingerprint density at radius 2 is 2.00 bits per heavy atom. The molecule has 0 aliphatic rings. The number of thioether (sulfide) groups is 1. The summed E-state index contributed by atoms with van der Waals surface area (Å²) >= 11 is 1.86. The lowest BCUT2D eigenvalue weighted by Crippen LogP contribution is -2.29. The quantitative estimate of drug-likeness (QED) is 0.843. The molecule has 0 aliphatic carbocycles. The molecule has 94 valence electrons. The van der Waals surface area contributed by atoms with Crippen molar-refractivity contribution in [1.29, 1.82) is 0 Å². The van der Waals surface area contributed by atoms with Crippen molar-refractivity contribution in [2.24, 2.45) is 0 Å². The zero-order valence-corrected chi connectivity index (χ0v) is 11.2. The van der Waals surface area contributed by atoms with Crippen LogP contribution in [0.15, 0.2) is 24.3 Å². The van der Waals surface area contributed by atoms with Crippen LogP contribution in [0.4, 0.5) is 0 Å². The molecule has 0 spiro atoms. The summed E-state index contributed by atoms with van der Waals surface area (Å²) in [4.78, 5) is 13.4. The number of amides is 1. The molecule has 1 amide bonds. The van der Waals surface area contributed by atoms with Crippen LogP contribution in [0.5, 0.6) is 0 Å². The second kappa shape index (κ2) is 7.35. The zero-order valence-electron chi connectivity index (χ0n) is 10.3. The van der Waals surface area contributed by atoms with E-state index in [0.29, 0.717) is 12.1 Å². The van der Waals surface area contributed by atoms with E-state index in [1.165, 1.54) is 10.5 Å². The molecule has 17 heavy (non-hydrogen) atoms. The average molecular weight is 253 g/mol. The summed E-state index contributed by atoms with van der Waals surface area (Å²) in [6.07, 6.45) is 0. The van der Waals surface area contributed by atoms with Gasteiger partial charge in [0.25, 0.3) is 5.91 Å². The van der Waals surface area contributed by atoms with Crippen LogP contribution < -0.4 is 0 Å². The maximum atomic E-state index is 11.9. The SMILES string of the molecule is CCSCc1ccc(C(=O)N(C)CCO)cc1. The lowest BCUT2D eigenvalue weighted by atomic mass is 10.1. The first-order valence-corrected chi connectivity index (χ1v) is 6.87. The molecule has 1 N–H and O–H groups in total. The van der Waals surface area contributed by atoms with Gasteiger partial charge in [-0.25, -0.2) is 0 Å². The molecule has 0 heterocycles. The van der Waals surface area contributed by atoms with E-state index in [1.54, 1.807) is 7.05 Å². The molecule has 1 aromatic carbocycles. The fraction of sp³-hybridized carbons (Fsp3) is 0.462. The third-order valence-electron chi connectivity index (χ3n) is 2.46. The van der Waals surface area contributed by atoms with Crippen molar-refractivity contribution in [3.8, 4) is 0 Å². The summed E-state index contributed by atoms with van der Waals surface area (Å²) in [5.41, 5.74) is 1.91. The van der Waals surface area contributed by atoms with E-state index in [2.05, 4.69) is 6.92 Å². The molecular weight excluding hydrogens is 234 g/mol. The van der Waals surface area contributed by atoms with Crippen molar-refractivity contribution in [2.75, 3.05) is 26.0 Å². The summed E-state index contributed by atoms with van der Waals surface area (Å²) in [5.74, 6) is 2.03. The largest absolute Gasteiger partial charge is 0.395 e. The van der Waals surface area contributed by atoms with E-state index in [1.807, 2.05) is 36.0 Å². The Morgan fingerprint density at radius 3 is 2.53 bits per heavy atom. The molecular formula is C13H19NO2S. The van der Waals surface area contributed by atoms with Crippen LogP contribution in [0.2, 0.25) is 0 Å². The molecule has 0 saturated carbocycles. The molecule has 1 aromatic rings. The fourth-order valence-corrected chi connectivity index (χ4v) is 2.07. The van der Waals surface area contributed by atoms with Gasteiger partial charge in [-0.3, -0.25) is 4.79 Å². The Kier molecular flexibility index (Phi) is 6.08. The minimum absolute atomic E-state index is 0.00648. The van der Waals surface area contributed by atoms with E-state index >= 15 is 0 Å². The molecule has 0 aliphatic heterocycles. The van der Waals surface area contributed by atoms with E-state index in [4.69, 9.17) is 5.11 Å². The number of carbonyl (C=O) groups is 1. The first kappa shape index (κ1) is 14.1. The Bertz CT molecular complexity index is 351. The number of likely N-dealkylation sites (N-methyl/N-ethyl adjacent to an activating group) is 1. The number of benzene rings is 1. The Labute approximate surface area is 107 Å². The van der Waals surface area contributed by atoms with E-state index in [0.717, 1.165) is 11.5 Å². The molecule has 0 radical (unpaired) electrons. The first-order valence-electron chi connectivity index (χ1n) is 5.72. The zero-order chi connectivity index (χ0) is 12.7. The number of aliphatic hydroxyl groups is 1. The molecule has 4 heteroatoms. The van der Waals surface area contributed by atoms with Crippen LogP contribution in [0.3, 0.4) is 0 Å². The summed E-state index contributed by atoms with van der Waals surface area (Å²) in [7, 11) is 1.69. The van der Waals surface area contributed by atoms with Gasteiger partial charge in [0.15, 0.2) is 0 Å². The highest BCUT2D eigenvalue weighted by Gasteiger charge is 2.10. The van der Waals surface area contributed by atoms with E-state index < -0.39 is 0 Å². The molecule has 0 atom stereocenters. The van der Waals surface area contributed by atoms with Gasteiger partial charge in [0.1, 0.15) is 0 Å². The van der Waals surface area contributed by atoms with Crippen LogP contribution in [-0.4, -0.2) is 41.9 Å². The second-order valence-electron chi connectivity index (χ2n) is 3.78. The van der Waals surface area contributed by atoms with Crippen molar-refractivity contribution >= 4 is 17.7 Å². The van der Waals surface area contributed by atoms with Gasteiger partial charge in [-0.2, -0.15) is 11.8 Å². The topological polar surface area (TPSA) is 40.5 Å². The van der Waals surface area contributed by atoms with Crippen LogP contribution in [0.25, 0.3) is 0 Å². The van der Waals surface area contributed by atoms with E-state index in [-0.39, 0.29) is 12.5 Å². The van der Waals surface area contributed by atoms with Crippen LogP contribution >= 0.6 is 11.8 Å². The minimum atomic E-state index is -0.0475. The minimum Gasteiger partial charge on any atom is -0.395 e. The number of hydrogen-bond donors (Lipinski definition) is 1. The van der Waals surface area contributed by atoms with Crippen molar-refractivity contribution in [1.82, 2.24) is 4.90 Å². The fourth-order valence-electron chi connectivity index (χ4n) is 1.44. The number of rotatable bonds is 6. The van der Waals surface area contributed by atoms with Crippen molar-refractivity contribution in [3.05, 3.63) is 35.4 Å². The predicted molar refractivity (Wildman–Crippen MR) is 72.3 cm³/mol. The van der Waals surface area contributed by atoms with Gasteiger partial charge in [0.2, 0.25) is 0 Å². The highest BCUT2D eigenvalue weighted by Crippen LogP contribution is 2.13. The van der Waals surface area contributed by atoms with Crippen molar-refractivity contribution in [2.45, 2.75) is 12.7 Å². The first-order chi connectivity index (χ1) is 8.19. The Balaban J connectivity index is 2.63. The van der Waals surface area contributed by atoms with Crippen molar-refractivity contribution < 1.29 is 9.90 Å². The molecule has 0 saturated heterocycles. The molecule has 0 aromatic heterocycles. The van der Waals surface area contributed by atoms with Gasteiger partial charge >= 0.3 is 0 Å². The maximum absolute atomic E-state index is 11.9. The molecule has 1 rings (SSSR count). The lowest BCUT2D eigenvalue weighted by molar-refractivity contribution is 0.0767. The van der Waals surface area contributed by atoms with Gasteiger partial charge < -0.3 is 10.0 Å². The predicted octanol–water partition coefficient (Wildman–Crippen LogP) is 2.00. The molecule has 0 fully saturated rings. The standard InChI is InChI=1S/C13H19NO2S/c1-3-17-10-11-4-6-12(7-5-11)13(16)14(2)8-9-15/h4-7,15H,3,8-10H2,1-2H3. The molecule has 3 nitrogen and oxygen atoms in total. The highest BCUT2D eigenvalue weighted by atomic mass is 32.2. The van der Waals surface area contributed by atoms with Gasteiger partial charge in [-0.05, 0) is 23.4 Å². The maximum Gasteiger partial charge on any atom is 0.253 e. The number of carbonyl (C=O) groups excluding carboxylic acids is 1. The summed E-state index contributed by atoms with van der Waals surface area (Å²) in [6.45, 7) is 2.49. The normalized spacial score (nSPS) is 10.3. The summed E-state index contributed by atoms with van der Waals surface area (Å²) in [5, 5.41) is 8.78. The lowest BCUT2D eigenvalue weighted by Gasteiger charge is -2.15. The number of nitrogens with zero attached hydrogens (tertiary/aromatic N) is 1. The summed E-state index contributed by atoms with van der Waals surface area (Å²) < 4.78 is 0. The van der Waals surface area contributed by atoms with E-state index in [9.17, 15) is 4.79 Å². The Hall–Kier alpha value is -1.00. The molecule has 0 bridgehead atoms. The van der Waals surface area contributed by atoms with Crippen molar-refractivity contribution in [3.63, 3.8) is 0 Å².